The minimum atomic E-state index is -4.70. The fraction of sp³-hybridized carbons (Fsp3) is 0.0909. The zero-order valence-electron chi connectivity index (χ0n) is 10.1. The Morgan fingerprint density at radius 1 is 1.38 bits per heavy atom. The molecule has 0 amide bonds. The number of alkyl halides is 3. The van der Waals surface area contributed by atoms with Crippen molar-refractivity contribution in [1.82, 2.24) is 14.9 Å². The third-order valence-corrected chi connectivity index (χ3v) is 2.65. The van der Waals surface area contributed by atoms with Gasteiger partial charge in [0, 0.05) is 0 Å². The molecule has 0 saturated heterocycles. The van der Waals surface area contributed by atoms with Gasteiger partial charge in [-0.2, -0.15) is 22.9 Å². The number of H-pyrrole nitrogens is 1. The first-order valence-corrected chi connectivity index (χ1v) is 5.82. The summed E-state index contributed by atoms with van der Waals surface area (Å²) in [5.41, 5.74) is 0.472. The van der Waals surface area contributed by atoms with Gasteiger partial charge in [0.25, 0.3) is 5.82 Å². The van der Waals surface area contributed by atoms with Crippen molar-refractivity contribution in [3.63, 3.8) is 0 Å². The Balaban J connectivity index is 2.32. The van der Waals surface area contributed by atoms with E-state index in [9.17, 15) is 18.0 Å². The molecule has 1 aromatic carbocycles. The molecule has 0 aliphatic carbocycles. The largest absolute Gasteiger partial charge is 0.478 e. The van der Waals surface area contributed by atoms with E-state index in [1.807, 2.05) is 5.10 Å². The lowest BCUT2D eigenvalue weighted by Gasteiger charge is -2.03. The summed E-state index contributed by atoms with van der Waals surface area (Å²) in [5, 5.41) is 17.4. The van der Waals surface area contributed by atoms with Crippen molar-refractivity contribution < 1.29 is 23.1 Å². The lowest BCUT2D eigenvalue weighted by molar-refractivity contribution is -0.147. The number of carboxylic acids is 1. The fourth-order valence-corrected chi connectivity index (χ4v) is 1.60. The van der Waals surface area contributed by atoms with Gasteiger partial charge in [0.2, 0.25) is 4.77 Å². The molecule has 1 heterocycles. The maximum absolute atomic E-state index is 12.6. The lowest BCUT2D eigenvalue weighted by atomic mass is 10.1. The van der Waals surface area contributed by atoms with E-state index in [0.29, 0.717) is 10.2 Å². The summed E-state index contributed by atoms with van der Waals surface area (Å²) in [6, 6.07) is 5.43. The lowest BCUT2D eigenvalue weighted by Crippen LogP contribution is -2.12. The molecule has 2 aromatic rings. The molecule has 0 aliphatic rings. The monoisotopic (exact) mass is 316 g/mol. The predicted molar refractivity (Wildman–Crippen MR) is 68.8 cm³/mol. The molecule has 2 N–H and O–H groups in total. The molecule has 0 aliphatic heterocycles. The minimum Gasteiger partial charge on any atom is -0.478 e. The maximum atomic E-state index is 12.6. The van der Waals surface area contributed by atoms with Crippen LogP contribution in [0.25, 0.3) is 0 Å². The quantitative estimate of drug-likeness (QED) is 0.673. The highest BCUT2D eigenvalue weighted by Crippen LogP contribution is 2.27. The Morgan fingerprint density at radius 3 is 2.52 bits per heavy atom. The van der Waals surface area contributed by atoms with Crippen LogP contribution in [0.2, 0.25) is 0 Å². The summed E-state index contributed by atoms with van der Waals surface area (Å²) in [7, 11) is 0. The Kier molecular flexibility index (Phi) is 3.89. The fourth-order valence-electron chi connectivity index (χ4n) is 1.42. The molecule has 0 saturated carbocycles. The molecule has 0 radical (unpaired) electrons. The van der Waals surface area contributed by atoms with E-state index in [0.717, 1.165) is 6.21 Å². The van der Waals surface area contributed by atoms with Crippen LogP contribution < -0.4 is 0 Å². The number of hydrogen-bond acceptors (Lipinski definition) is 4. The van der Waals surface area contributed by atoms with Gasteiger partial charge in [0.05, 0.1) is 11.8 Å². The normalized spacial score (nSPS) is 12.0. The zero-order chi connectivity index (χ0) is 15.6. The van der Waals surface area contributed by atoms with Crippen molar-refractivity contribution in [1.29, 1.82) is 0 Å². The number of aromatic amines is 1. The summed E-state index contributed by atoms with van der Waals surface area (Å²) >= 11 is 4.67. The number of hydrogen-bond donors (Lipinski definition) is 2. The van der Waals surface area contributed by atoms with Crippen molar-refractivity contribution in [3.8, 4) is 0 Å². The van der Waals surface area contributed by atoms with Crippen molar-refractivity contribution in [3.05, 3.63) is 46.0 Å². The first-order chi connectivity index (χ1) is 9.79. The van der Waals surface area contributed by atoms with Crippen LogP contribution in [0.5, 0.6) is 0 Å². The van der Waals surface area contributed by atoms with E-state index < -0.39 is 18.0 Å². The Morgan fingerprint density at radius 2 is 2.00 bits per heavy atom. The first kappa shape index (κ1) is 14.9. The highest BCUT2D eigenvalue weighted by atomic mass is 32.1. The number of carboxylic acid groups (broad SMARTS) is 1. The smallest absolute Gasteiger partial charge is 0.453 e. The van der Waals surface area contributed by atoms with Crippen LogP contribution in [-0.4, -0.2) is 32.2 Å². The topological polar surface area (TPSA) is 83.3 Å². The molecule has 0 bridgehead atoms. The van der Waals surface area contributed by atoms with E-state index in [1.54, 1.807) is 0 Å². The van der Waals surface area contributed by atoms with Gasteiger partial charge in [0.1, 0.15) is 0 Å². The summed E-state index contributed by atoms with van der Waals surface area (Å²) in [6.07, 6.45) is -3.58. The van der Waals surface area contributed by atoms with Crippen LogP contribution >= 0.6 is 12.2 Å². The van der Waals surface area contributed by atoms with Gasteiger partial charge < -0.3 is 5.11 Å². The maximum Gasteiger partial charge on any atom is 0.453 e. The summed E-state index contributed by atoms with van der Waals surface area (Å²) in [5.74, 6) is -2.37. The number of aromatic nitrogens is 3. The highest BCUT2D eigenvalue weighted by molar-refractivity contribution is 7.71. The van der Waals surface area contributed by atoms with E-state index >= 15 is 0 Å². The van der Waals surface area contributed by atoms with Crippen molar-refractivity contribution in [2.75, 3.05) is 0 Å². The van der Waals surface area contributed by atoms with E-state index in [-0.39, 0.29) is 10.3 Å². The second kappa shape index (κ2) is 5.48. The molecule has 2 rings (SSSR count). The third kappa shape index (κ3) is 3.34. The number of nitrogens with zero attached hydrogens (tertiary/aromatic N) is 3. The molecule has 110 valence electrons. The molecule has 0 fully saturated rings. The second-order valence-corrected chi connectivity index (χ2v) is 4.22. The molecule has 0 atom stereocenters. The highest BCUT2D eigenvalue weighted by Gasteiger charge is 2.37. The van der Waals surface area contributed by atoms with Crippen LogP contribution in [0, 0.1) is 4.77 Å². The van der Waals surface area contributed by atoms with Gasteiger partial charge >= 0.3 is 12.1 Å². The third-order valence-electron chi connectivity index (χ3n) is 2.38. The van der Waals surface area contributed by atoms with Crippen molar-refractivity contribution >= 4 is 24.4 Å². The van der Waals surface area contributed by atoms with Crippen LogP contribution in [0.4, 0.5) is 13.2 Å². The second-order valence-electron chi connectivity index (χ2n) is 3.83. The van der Waals surface area contributed by atoms with Gasteiger partial charge in [0.15, 0.2) is 0 Å². The van der Waals surface area contributed by atoms with Gasteiger partial charge in [-0.15, -0.1) is 5.10 Å². The number of halogens is 3. The number of nitrogens with one attached hydrogen (secondary N) is 1. The van der Waals surface area contributed by atoms with Gasteiger partial charge in [-0.25, -0.2) is 9.89 Å². The standard InChI is InChI=1S/C11H7F3N4O2S/c12-11(13,14)9-16-17-10(21)18(9)15-5-6-1-3-7(4-2-6)8(19)20/h1-5H,(H,17,21)(H,19,20)/b15-5-. The molecule has 10 heteroatoms. The van der Waals surface area contributed by atoms with Crippen LogP contribution in [0.1, 0.15) is 21.7 Å². The van der Waals surface area contributed by atoms with Crippen molar-refractivity contribution in [2.24, 2.45) is 5.10 Å². The summed E-state index contributed by atoms with van der Waals surface area (Å²) in [4.78, 5) is 10.7. The Bertz CT molecular complexity index is 746. The molecule has 0 spiro atoms. The minimum absolute atomic E-state index is 0.0584. The molecule has 6 nitrogen and oxygen atoms in total. The SMILES string of the molecule is O=C(O)c1ccc(/C=N\n2c(C(F)(F)F)n[nH]c2=S)cc1. The van der Waals surface area contributed by atoms with Crippen LogP contribution in [-0.2, 0) is 6.18 Å². The Hall–Kier alpha value is -2.49. The van der Waals surface area contributed by atoms with Crippen molar-refractivity contribution in [2.45, 2.75) is 6.18 Å². The number of rotatable bonds is 3. The predicted octanol–water partition coefficient (Wildman–Crippen LogP) is 2.54. The van der Waals surface area contributed by atoms with E-state index in [1.165, 1.54) is 24.3 Å². The Labute approximate surface area is 120 Å². The first-order valence-electron chi connectivity index (χ1n) is 5.41. The van der Waals surface area contributed by atoms with E-state index in [2.05, 4.69) is 22.4 Å². The van der Waals surface area contributed by atoms with E-state index in [4.69, 9.17) is 5.11 Å². The summed E-state index contributed by atoms with van der Waals surface area (Å²) in [6.45, 7) is 0. The van der Waals surface area contributed by atoms with Gasteiger partial charge in [-0.1, -0.05) is 12.1 Å². The average molecular weight is 316 g/mol. The molecule has 21 heavy (non-hydrogen) atoms. The van der Waals surface area contributed by atoms with Gasteiger partial charge in [-0.3, -0.25) is 0 Å². The molecule has 1 aromatic heterocycles. The summed E-state index contributed by atoms with van der Waals surface area (Å²) < 4.78 is 38.1. The molecular formula is C11H7F3N4O2S. The van der Waals surface area contributed by atoms with Crippen LogP contribution in [0.3, 0.4) is 0 Å². The molecule has 0 unspecified atom stereocenters. The number of benzene rings is 1. The van der Waals surface area contributed by atoms with Crippen LogP contribution in [0.15, 0.2) is 29.4 Å². The molecular weight excluding hydrogens is 309 g/mol. The average Bonchev–Trinajstić information content (AvgIpc) is 2.78. The van der Waals surface area contributed by atoms with Gasteiger partial charge in [-0.05, 0) is 29.9 Å². The zero-order valence-corrected chi connectivity index (χ0v) is 10.9. The number of carbonyl (C=O) groups is 1. The number of aromatic carboxylic acids is 1.